The van der Waals surface area contributed by atoms with Crippen LogP contribution in [0.4, 0.5) is 5.82 Å². The SMILES string of the molecule is Nc1[nH]c(=O)ncc1[C@H]1O[C@H](CO)[C@@H](O)/C1=C/Cl. The van der Waals surface area contributed by atoms with E-state index < -0.39 is 24.0 Å². The van der Waals surface area contributed by atoms with E-state index in [2.05, 4.69) is 9.97 Å². The smallest absolute Gasteiger partial charge is 0.346 e. The molecule has 0 unspecified atom stereocenters. The topological polar surface area (TPSA) is 121 Å². The molecule has 5 N–H and O–H groups in total. The number of nitrogens with zero attached hydrogens (tertiary/aromatic N) is 1. The second kappa shape index (κ2) is 5.07. The number of nitrogen functional groups attached to an aromatic ring is 1. The van der Waals surface area contributed by atoms with Gasteiger partial charge in [0, 0.05) is 22.9 Å². The van der Waals surface area contributed by atoms with Crippen molar-refractivity contribution < 1.29 is 14.9 Å². The Hall–Kier alpha value is -1.41. The molecule has 18 heavy (non-hydrogen) atoms. The molecule has 1 aromatic rings. The molecule has 0 radical (unpaired) electrons. The van der Waals surface area contributed by atoms with Crippen molar-refractivity contribution in [2.45, 2.75) is 18.3 Å². The van der Waals surface area contributed by atoms with Crippen LogP contribution < -0.4 is 11.4 Å². The zero-order valence-corrected chi connectivity index (χ0v) is 9.96. The quantitative estimate of drug-likeness (QED) is 0.563. The van der Waals surface area contributed by atoms with Gasteiger partial charge in [0.15, 0.2) is 0 Å². The number of nitrogens with one attached hydrogen (secondary N) is 1. The van der Waals surface area contributed by atoms with Gasteiger partial charge < -0.3 is 20.7 Å². The molecule has 0 aromatic carbocycles. The summed E-state index contributed by atoms with van der Waals surface area (Å²) in [7, 11) is 0. The largest absolute Gasteiger partial charge is 0.394 e. The summed E-state index contributed by atoms with van der Waals surface area (Å²) in [6, 6.07) is 0. The van der Waals surface area contributed by atoms with Crippen molar-refractivity contribution in [3.8, 4) is 0 Å². The van der Waals surface area contributed by atoms with Crippen LogP contribution in [-0.2, 0) is 4.74 Å². The highest BCUT2D eigenvalue weighted by molar-refractivity contribution is 6.25. The molecule has 1 aliphatic heterocycles. The molecule has 2 rings (SSSR count). The van der Waals surface area contributed by atoms with E-state index in [1.54, 1.807) is 0 Å². The van der Waals surface area contributed by atoms with Gasteiger partial charge in [0.25, 0.3) is 0 Å². The maximum absolute atomic E-state index is 11.0. The molecule has 8 heteroatoms. The first-order valence-corrected chi connectivity index (χ1v) is 5.61. The van der Waals surface area contributed by atoms with Gasteiger partial charge in [-0.25, -0.2) is 9.78 Å². The van der Waals surface area contributed by atoms with Crippen molar-refractivity contribution in [3.05, 3.63) is 33.4 Å². The molecular weight excluding hydrogens is 262 g/mol. The van der Waals surface area contributed by atoms with E-state index in [-0.39, 0.29) is 12.4 Å². The molecule has 1 fully saturated rings. The molecule has 0 aliphatic carbocycles. The Labute approximate surface area is 107 Å². The zero-order valence-electron chi connectivity index (χ0n) is 9.21. The molecule has 0 amide bonds. The van der Waals surface area contributed by atoms with Gasteiger partial charge in [-0.05, 0) is 0 Å². The van der Waals surface area contributed by atoms with Crippen molar-refractivity contribution >= 4 is 17.4 Å². The summed E-state index contributed by atoms with van der Waals surface area (Å²) in [4.78, 5) is 16.8. The molecule has 0 bridgehead atoms. The van der Waals surface area contributed by atoms with Crippen LogP contribution >= 0.6 is 11.6 Å². The molecule has 0 spiro atoms. The highest BCUT2D eigenvalue weighted by Gasteiger charge is 2.40. The predicted octanol–water partition coefficient (Wildman–Crippen LogP) is -0.732. The van der Waals surface area contributed by atoms with Crippen LogP contribution in [0.15, 0.2) is 22.1 Å². The van der Waals surface area contributed by atoms with Crippen LogP contribution in [0.3, 0.4) is 0 Å². The molecule has 2 heterocycles. The summed E-state index contributed by atoms with van der Waals surface area (Å²) >= 11 is 5.64. The number of aliphatic hydroxyl groups is 2. The van der Waals surface area contributed by atoms with E-state index in [4.69, 9.17) is 27.2 Å². The van der Waals surface area contributed by atoms with Gasteiger partial charge in [0.1, 0.15) is 24.1 Å². The number of aromatic nitrogens is 2. The highest BCUT2D eigenvalue weighted by atomic mass is 35.5. The zero-order chi connectivity index (χ0) is 13.3. The first-order chi connectivity index (χ1) is 8.58. The number of ether oxygens (including phenoxy) is 1. The Bertz CT molecular complexity index is 530. The fourth-order valence-electron chi connectivity index (χ4n) is 1.84. The average molecular weight is 274 g/mol. The molecule has 7 nitrogen and oxygen atoms in total. The molecule has 1 saturated heterocycles. The van der Waals surface area contributed by atoms with E-state index in [0.717, 1.165) is 0 Å². The molecule has 3 atom stereocenters. The van der Waals surface area contributed by atoms with Crippen LogP contribution in [0.1, 0.15) is 11.7 Å². The number of anilines is 1. The fourth-order valence-corrected chi connectivity index (χ4v) is 2.08. The van der Waals surface area contributed by atoms with Crippen LogP contribution in [0.2, 0.25) is 0 Å². The average Bonchev–Trinajstić information content (AvgIpc) is 2.65. The number of aliphatic hydroxyl groups excluding tert-OH is 2. The van der Waals surface area contributed by atoms with Gasteiger partial charge in [0.2, 0.25) is 0 Å². The molecule has 0 saturated carbocycles. The Morgan fingerprint density at radius 3 is 2.94 bits per heavy atom. The van der Waals surface area contributed by atoms with E-state index in [9.17, 15) is 9.90 Å². The maximum atomic E-state index is 11.0. The van der Waals surface area contributed by atoms with Gasteiger partial charge in [-0.1, -0.05) is 11.6 Å². The molecule has 98 valence electrons. The van der Waals surface area contributed by atoms with Crippen LogP contribution in [0.5, 0.6) is 0 Å². The minimum Gasteiger partial charge on any atom is -0.394 e. The van der Waals surface area contributed by atoms with Crippen molar-refractivity contribution in [2.24, 2.45) is 0 Å². The Balaban J connectivity index is 2.41. The van der Waals surface area contributed by atoms with E-state index >= 15 is 0 Å². The predicted molar refractivity (Wildman–Crippen MR) is 63.9 cm³/mol. The second-order valence-electron chi connectivity index (χ2n) is 3.85. The summed E-state index contributed by atoms with van der Waals surface area (Å²) in [5, 5.41) is 18.9. The third kappa shape index (κ3) is 2.13. The lowest BCUT2D eigenvalue weighted by Gasteiger charge is -2.13. The third-order valence-electron chi connectivity index (χ3n) is 2.77. The normalized spacial score (nSPS) is 29.9. The van der Waals surface area contributed by atoms with Crippen molar-refractivity contribution in [1.29, 1.82) is 0 Å². The monoisotopic (exact) mass is 273 g/mol. The minimum atomic E-state index is -1.02. The van der Waals surface area contributed by atoms with Crippen molar-refractivity contribution in [1.82, 2.24) is 9.97 Å². The molecule has 1 aliphatic rings. The summed E-state index contributed by atoms with van der Waals surface area (Å²) in [6.07, 6.45) is -1.29. The van der Waals surface area contributed by atoms with Crippen molar-refractivity contribution in [3.63, 3.8) is 0 Å². The van der Waals surface area contributed by atoms with Crippen LogP contribution in [0, 0.1) is 0 Å². The van der Waals surface area contributed by atoms with E-state index in [1.165, 1.54) is 11.7 Å². The second-order valence-corrected chi connectivity index (χ2v) is 4.07. The number of rotatable bonds is 2. The van der Waals surface area contributed by atoms with Gasteiger partial charge in [-0.3, -0.25) is 4.98 Å². The van der Waals surface area contributed by atoms with Gasteiger partial charge in [0.05, 0.1) is 6.61 Å². The number of aromatic amines is 1. The summed E-state index contributed by atoms with van der Waals surface area (Å²) < 4.78 is 5.44. The Morgan fingerprint density at radius 2 is 2.39 bits per heavy atom. The number of nitrogens with two attached hydrogens (primary N) is 1. The van der Waals surface area contributed by atoms with Gasteiger partial charge >= 0.3 is 5.69 Å². The summed E-state index contributed by atoms with van der Waals surface area (Å²) in [5.41, 5.74) is 7.00. The number of halogens is 1. The first-order valence-electron chi connectivity index (χ1n) is 5.17. The van der Waals surface area contributed by atoms with Gasteiger partial charge in [-0.2, -0.15) is 0 Å². The number of hydrogen-bond donors (Lipinski definition) is 4. The Kier molecular flexibility index (Phi) is 3.67. The number of H-pyrrole nitrogens is 1. The number of hydrogen-bond acceptors (Lipinski definition) is 6. The van der Waals surface area contributed by atoms with Gasteiger partial charge in [-0.15, -0.1) is 0 Å². The summed E-state index contributed by atoms with van der Waals surface area (Å²) in [6.45, 7) is -0.359. The van der Waals surface area contributed by atoms with E-state index in [1.807, 2.05) is 0 Å². The van der Waals surface area contributed by atoms with Crippen LogP contribution in [-0.4, -0.2) is 39.0 Å². The lowest BCUT2D eigenvalue weighted by atomic mass is 10.0. The highest BCUT2D eigenvalue weighted by Crippen LogP contribution is 2.39. The lowest BCUT2D eigenvalue weighted by molar-refractivity contribution is -0.0225. The molecular formula is C10H12ClN3O4. The van der Waals surface area contributed by atoms with Crippen LogP contribution in [0.25, 0.3) is 0 Å². The molecule has 1 aromatic heterocycles. The standard InChI is InChI=1S/C10H12ClN3O4/c11-1-4-7(16)6(3-15)18-8(4)5-2-13-10(17)14-9(5)12/h1-2,6-8,15-16H,3H2,(H3,12,13,14,17)/b4-1-/t6-,7+,8+/m1/s1. The minimum absolute atomic E-state index is 0.0850. The Morgan fingerprint density at radius 1 is 1.67 bits per heavy atom. The third-order valence-corrected chi connectivity index (χ3v) is 3.02. The first kappa shape index (κ1) is 13.0. The van der Waals surface area contributed by atoms with Crippen molar-refractivity contribution in [2.75, 3.05) is 12.3 Å². The lowest BCUT2D eigenvalue weighted by Crippen LogP contribution is -2.25. The fraction of sp³-hybridized carbons (Fsp3) is 0.400. The maximum Gasteiger partial charge on any atom is 0.346 e. The summed E-state index contributed by atoms with van der Waals surface area (Å²) in [5.74, 6) is 0.0850. The van der Waals surface area contributed by atoms with E-state index in [0.29, 0.717) is 11.1 Å².